The zero-order valence-corrected chi connectivity index (χ0v) is 14.4. The second-order valence-corrected chi connectivity index (χ2v) is 7.17. The Kier molecular flexibility index (Phi) is 3.98. The third-order valence-electron chi connectivity index (χ3n) is 4.09. The van der Waals surface area contributed by atoms with E-state index in [-0.39, 0.29) is 10.9 Å². The highest BCUT2D eigenvalue weighted by molar-refractivity contribution is 7.89. The van der Waals surface area contributed by atoms with Gasteiger partial charge in [-0.15, -0.1) is 0 Å². The molecule has 1 aromatic carbocycles. The molecule has 0 unspecified atom stereocenters. The summed E-state index contributed by atoms with van der Waals surface area (Å²) in [4.78, 5) is 10.6. The van der Waals surface area contributed by atoms with Crippen LogP contribution in [0.3, 0.4) is 0 Å². The molecule has 1 atom stereocenters. The van der Waals surface area contributed by atoms with Gasteiger partial charge in [-0.3, -0.25) is 4.68 Å². The van der Waals surface area contributed by atoms with Gasteiger partial charge < -0.3 is 4.90 Å². The van der Waals surface area contributed by atoms with Crippen LogP contribution in [0.2, 0.25) is 0 Å². The fourth-order valence-corrected chi connectivity index (χ4v) is 3.16. The lowest BCUT2D eigenvalue weighted by Gasteiger charge is -2.26. The van der Waals surface area contributed by atoms with Crippen LogP contribution in [0, 0.1) is 0 Å². The average molecular weight is 346 g/mol. The van der Waals surface area contributed by atoms with Gasteiger partial charge in [-0.25, -0.2) is 23.5 Å². The van der Waals surface area contributed by atoms with Gasteiger partial charge in [-0.1, -0.05) is 12.1 Å². The fourth-order valence-electron chi connectivity index (χ4n) is 2.59. The maximum atomic E-state index is 11.6. The second-order valence-electron chi connectivity index (χ2n) is 5.61. The highest BCUT2D eigenvalue weighted by atomic mass is 32.2. The second kappa shape index (κ2) is 5.84. The largest absolute Gasteiger partial charge is 0.352 e. The van der Waals surface area contributed by atoms with Gasteiger partial charge in [-0.2, -0.15) is 5.10 Å². The maximum absolute atomic E-state index is 11.6. The van der Waals surface area contributed by atoms with Crippen LogP contribution in [0.5, 0.6) is 0 Å². The fraction of sp³-hybridized carbons (Fsp3) is 0.267. The van der Waals surface area contributed by atoms with Crippen molar-refractivity contribution in [3.8, 4) is 0 Å². The number of hydrogen-bond acceptors (Lipinski definition) is 6. The van der Waals surface area contributed by atoms with Gasteiger partial charge >= 0.3 is 0 Å². The molecule has 0 radical (unpaired) electrons. The molecule has 2 aromatic heterocycles. The van der Waals surface area contributed by atoms with Crippen molar-refractivity contribution in [2.45, 2.75) is 17.9 Å². The Morgan fingerprint density at radius 1 is 1.29 bits per heavy atom. The van der Waals surface area contributed by atoms with Crippen LogP contribution in [-0.4, -0.2) is 35.2 Å². The van der Waals surface area contributed by atoms with Gasteiger partial charge in [0, 0.05) is 14.1 Å². The minimum atomic E-state index is -3.74. The SMILES string of the molecule is C[C@@H](c1cccc(S(N)(=O)=O)c1)N(C)c1ncnc2c1cnn2C. The van der Waals surface area contributed by atoms with Gasteiger partial charge in [0.15, 0.2) is 5.65 Å². The van der Waals surface area contributed by atoms with E-state index in [1.54, 1.807) is 23.0 Å². The minimum Gasteiger partial charge on any atom is -0.352 e. The summed E-state index contributed by atoms with van der Waals surface area (Å²) < 4.78 is 24.8. The number of primary sulfonamides is 1. The lowest BCUT2D eigenvalue weighted by molar-refractivity contribution is 0.597. The van der Waals surface area contributed by atoms with Crippen molar-refractivity contribution < 1.29 is 8.42 Å². The molecular weight excluding hydrogens is 328 g/mol. The van der Waals surface area contributed by atoms with E-state index in [0.29, 0.717) is 0 Å². The Labute approximate surface area is 140 Å². The number of aromatic nitrogens is 4. The van der Waals surface area contributed by atoms with E-state index in [0.717, 1.165) is 22.4 Å². The predicted molar refractivity (Wildman–Crippen MR) is 90.9 cm³/mol. The van der Waals surface area contributed by atoms with Crippen LogP contribution in [0.1, 0.15) is 18.5 Å². The maximum Gasteiger partial charge on any atom is 0.238 e. The van der Waals surface area contributed by atoms with Crippen molar-refractivity contribution in [1.29, 1.82) is 0 Å². The number of benzene rings is 1. The molecule has 8 nitrogen and oxygen atoms in total. The quantitative estimate of drug-likeness (QED) is 0.761. The summed E-state index contributed by atoms with van der Waals surface area (Å²) in [5.74, 6) is 0.724. The summed E-state index contributed by atoms with van der Waals surface area (Å²) in [7, 11) is -0.0285. The zero-order valence-electron chi connectivity index (χ0n) is 13.6. The lowest BCUT2D eigenvalue weighted by Crippen LogP contribution is -2.23. The Morgan fingerprint density at radius 3 is 2.75 bits per heavy atom. The molecule has 0 fully saturated rings. The van der Waals surface area contributed by atoms with Crippen molar-refractivity contribution in [2.75, 3.05) is 11.9 Å². The number of fused-ring (bicyclic) bond motifs is 1. The molecule has 3 rings (SSSR count). The molecule has 2 heterocycles. The number of rotatable bonds is 4. The number of anilines is 1. The van der Waals surface area contributed by atoms with E-state index in [4.69, 9.17) is 5.14 Å². The Hall–Kier alpha value is -2.52. The molecule has 126 valence electrons. The molecule has 0 aliphatic heterocycles. The number of hydrogen-bond donors (Lipinski definition) is 1. The summed E-state index contributed by atoms with van der Waals surface area (Å²) in [5.41, 5.74) is 1.55. The molecule has 0 spiro atoms. The third kappa shape index (κ3) is 2.83. The van der Waals surface area contributed by atoms with Gasteiger partial charge in [0.25, 0.3) is 0 Å². The first-order valence-electron chi connectivity index (χ1n) is 7.27. The van der Waals surface area contributed by atoms with Crippen LogP contribution in [0.15, 0.2) is 41.7 Å². The van der Waals surface area contributed by atoms with Gasteiger partial charge in [-0.05, 0) is 24.6 Å². The van der Waals surface area contributed by atoms with E-state index < -0.39 is 10.0 Å². The highest BCUT2D eigenvalue weighted by Gasteiger charge is 2.19. The normalized spacial score (nSPS) is 13.2. The topological polar surface area (TPSA) is 107 Å². The summed E-state index contributed by atoms with van der Waals surface area (Å²) in [6.07, 6.45) is 3.21. The van der Waals surface area contributed by atoms with Crippen LogP contribution in [0.4, 0.5) is 5.82 Å². The van der Waals surface area contributed by atoms with Crippen LogP contribution >= 0.6 is 0 Å². The Bertz CT molecular complexity index is 998. The first-order valence-corrected chi connectivity index (χ1v) is 8.82. The molecule has 2 N–H and O–H groups in total. The number of nitrogens with two attached hydrogens (primary N) is 1. The average Bonchev–Trinajstić information content (AvgIpc) is 2.94. The molecule has 9 heteroatoms. The van der Waals surface area contributed by atoms with E-state index in [1.165, 1.54) is 12.4 Å². The molecule has 0 bridgehead atoms. The van der Waals surface area contributed by atoms with Crippen molar-refractivity contribution in [3.63, 3.8) is 0 Å². The molecule has 0 amide bonds. The van der Waals surface area contributed by atoms with Crippen LogP contribution in [0.25, 0.3) is 11.0 Å². The monoisotopic (exact) mass is 346 g/mol. The van der Waals surface area contributed by atoms with Crippen molar-refractivity contribution in [1.82, 2.24) is 19.7 Å². The summed E-state index contributed by atoms with van der Waals surface area (Å²) in [6, 6.07) is 6.48. The van der Waals surface area contributed by atoms with Gasteiger partial charge in [0.05, 0.1) is 22.5 Å². The Balaban J connectivity index is 2.02. The van der Waals surface area contributed by atoms with Gasteiger partial charge in [0.1, 0.15) is 12.1 Å². The molecule has 3 aromatic rings. The van der Waals surface area contributed by atoms with Crippen LogP contribution in [-0.2, 0) is 17.1 Å². The first-order chi connectivity index (χ1) is 11.3. The number of aryl methyl sites for hydroxylation is 1. The standard InChI is InChI=1S/C15H18N6O2S/c1-10(11-5-4-6-12(7-11)24(16,22)23)20(2)14-13-8-19-21(3)15(13)18-9-17-14/h4-10H,1-3H3,(H2,16,22,23)/t10-/m0/s1. The molecule has 0 saturated carbocycles. The Morgan fingerprint density at radius 2 is 2.04 bits per heavy atom. The van der Waals surface area contributed by atoms with Crippen molar-refractivity contribution in [3.05, 3.63) is 42.4 Å². The molecule has 0 aliphatic carbocycles. The third-order valence-corrected chi connectivity index (χ3v) is 5.00. The number of nitrogens with zero attached hydrogens (tertiary/aromatic N) is 5. The van der Waals surface area contributed by atoms with E-state index in [1.807, 2.05) is 32.0 Å². The molecule has 0 aliphatic rings. The summed E-state index contributed by atoms with van der Waals surface area (Å²) >= 11 is 0. The molecule has 0 saturated heterocycles. The van der Waals surface area contributed by atoms with E-state index in [2.05, 4.69) is 15.1 Å². The first kappa shape index (κ1) is 16.3. The van der Waals surface area contributed by atoms with Crippen LogP contribution < -0.4 is 10.0 Å². The lowest BCUT2D eigenvalue weighted by atomic mass is 10.1. The minimum absolute atomic E-state index is 0.0921. The van der Waals surface area contributed by atoms with Crippen molar-refractivity contribution in [2.24, 2.45) is 12.2 Å². The van der Waals surface area contributed by atoms with Crippen molar-refractivity contribution >= 4 is 26.9 Å². The smallest absolute Gasteiger partial charge is 0.238 e. The van der Waals surface area contributed by atoms with E-state index in [9.17, 15) is 8.42 Å². The molecular formula is C15H18N6O2S. The summed E-state index contributed by atoms with van der Waals surface area (Å²) in [6.45, 7) is 1.96. The molecule has 24 heavy (non-hydrogen) atoms. The summed E-state index contributed by atoms with van der Waals surface area (Å²) in [5, 5.41) is 10.3. The predicted octanol–water partition coefficient (Wildman–Crippen LogP) is 1.21. The highest BCUT2D eigenvalue weighted by Crippen LogP contribution is 2.29. The zero-order chi connectivity index (χ0) is 17.5. The number of sulfonamides is 1. The van der Waals surface area contributed by atoms with Gasteiger partial charge in [0.2, 0.25) is 10.0 Å². The van der Waals surface area contributed by atoms with E-state index >= 15 is 0 Å².